The second-order valence-corrected chi connectivity index (χ2v) is 4.99. The Bertz CT molecular complexity index is 300. The molecule has 1 aliphatic heterocycles. The molecule has 1 aliphatic rings. The van der Waals surface area contributed by atoms with Crippen LogP contribution in [-0.4, -0.2) is 41.9 Å². The van der Waals surface area contributed by atoms with E-state index in [9.17, 15) is 9.59 Å². The Morgan fingerprint density at radius 2 is 2.22 bits per heavy atom. The minimum absolute atomic E-state index is 0.405. The van der Waals surface area contributed by atoms with E-state index in [4.69, 9.17) is 9.84 Å². The first kappa shape index (κ1) is 14.8. The summed E-state index contributed by atoms with van der Waals surface area (Å²) in [5, 5.41) is 14.2. The maximum Gasteiger partial charge on any atom is 0.326 e. The predicted molar refractivity (Wildman–Crippen MR) is 66.5 cm³/mol. The van der Waals surface area contributed by atoms with Crippen molar-refractivity contribution in [1.82, 2.24) is 10.6 Å². The van der Waals surface area contributed by atoms with E-state index in [1.165, 1.54) is 0 Å². The summed E-state index contributed by atoms with van der Waals surface area (Å²) in [6.07, 6.45) is 2.87. The third-order valence-corrected chi connectivity index (χ3v) is 3.03. The second kappa shape index (κ2) is 6.58. The number of carbonyl (C=O) groups is 2. The number of nitrogens with one attached hydrogen (secondary N) is 2. The number of aliphatic carboxylic acids is 1. The van der Waals surface area contributed by atoms with Gasteiger partial charge in [-0.2, -0.15) is 0 Å². The van der Waals surface area contributed by atoms with Gasteiger partial charge in [0.1, 0.15) is 6.04 Å². The zero-order valence-electron chi connectivity index (χ0n) is 11.0. The van der Waals surface area contributed by atoms with E-state index in [2.05, 4.69) is 10.6 Å². The Balaban J connectivity index is 2.46. The first-order chi connectivity index (χ1) is 8.47. The van der Waals surface area contributed by atoms with Gasteiger partial charge < -0.3 is 20.5 Å². The van der Waals surface area contributed by atoms with Gasteiger partial charge in [-0.3, -0.25) is 0 Å². The minimum atomic E-state index is -1.00. The van der Waals surface area contributed by atoms with Crippen LogP contribution >= 0.6 is 0 Å². The molecule has 0 aromatic rings. The molecular weight excluding hydrogens is 236 g/mol. The van der Waals surface area contributed by atoms with Crippen LogP contribution in [0.1, 0.15) is 39.5 Å². The third kappa shape index (κ3) is 4.52. The maximum atomic E-state index is 11.8. The molecule has 0 aromatic heterocycles. The summed E-state index contributed by atoms with van der Waals surface area (Å²) in [6, 6.07) is -1.27. The van der Waals surface area contributed by atoms with Crippen LogP contribution < -0.4 is 10.6 Å². The van der Waals surface area contributed by atoms with Crippen molar-refractivity contribution in [2.75, 3.05) is 13.2 Å². The Morgan fingerprint density at radius 1 is 1.50 bits per heavy atom. The molecule has 18 heavy (non-hydrogen) atoms. The lowest BCUT2D eigenvalue weighted by atomic mass is 9.95. The lowest BCUT2D eigenvalue weighted by Crippen LogP contribution is -2.57. The molecule has 0 bridgehead atoms. The van der Waals surface area contributed by atoms with Crippen LogP contribution in [0.4, 0.5) is 4.79 Å². The van der Waals surface area contributed by atoms with Crippen molar-refractivity contribution < 1.29 is 19.4 Å². The minimum Gasteiger partial charge on any atom is -0.480 e. The van der Waals surface area contributed by atoms with E-state index in [1.807, 2.05) is 13.8 Å². The first-order valence-corrected chi connectivity index (χ1v) is 6.36. The molecule has 1 unspecified atom stereocenters. The first-order valence-electron chi connectivity index (χ1n) is 6.36. The van der Waals surface area contributed by atoms with Crippen molar-refractivity contribution in [3.8, 4) is 0 Å². The lowest BCUT2D eigenvalue weighted by Gasteiger charge is -2.34. The van der Waals surface area contributed by atoms with E-state index < -0.39 is 23.6 Å². The van der Waals surface area contributed by atoms with Crippen LogP contribution in [0, 0.1) is 0 Å². The largest absolute Gasteiger partial charge is 0.480 e. The molecule has 0 aliphatic carbocycles. The highest BCUT2D eigenvalue weighted by Crippen LogP contribution is 2.17. The molecule has 1 heterocycles. The summed E-state index contributed by atoms with van der Waals surface area (Å²) >= 11 is 0. The van der Waals surface area contributed by atoms with Crippen LogP contribution in [-0.2, 0) is 9.53 Å². The van der Waals surface area contributed by atoms with Gasteiger partial charge in [0.15, 0.2) is 0 Å². The number of amides is 2. The zero-order valence-corrected chi connectivity index (χ0v) is 11.0. The highest BCUT2D eigenvalue weighted by atomic mass is 16.5. The van der Waals surface area contributed by atoms with E-state index in [-0.39, 0.29) is 0 Å². The van der Waals surface area contributed by atoms with Crippen LogP contribution in [0.5, 0.6) is 0 Å². The molecule has 0 radical (unpaired) electrons. The number of hydrogen-bond acceptors (Lipinski definition) is 3. The summed E-state index contributed by atoms with van der Waals surface area (Å²) < 4.78 is 5.33. The highest BCUT2D eigenvalue weighted by Gasteiger charge is 2.30. The van der Waals surface area contributed by atoms with Crippen molar-refractivity contribution in [3.05, 3.63) is 0 Å². The quantitative estimate of drug-likeness (QED) is 0.689. The summed E-state index contributed by atoms with van der Waals surface area (Å²) in [4.78, 5) is 22.7. The molecule has 0 spiro atoms. The van der Waals surface area contributed by atoms with Crippen molar-refractivity contribution >= 4 is 12.0 Å². The van der Waals surface area contributed by atoms with Crippen molar-refractivity contribution in [1.29, 1.82) is 0 Å². The monoisotopic (exact) mass is 258 g/mol. The normalized spacial score (nSPS) is 25.2. The van der Waals surface area contributed by atoms with Crippen LogP contribution in [0.3, 0.4) is 0 Å². The number of carboxylic acids is 1. The summed E-state index contributed by atoms with van der Waals surface area (Å²) in [5.41, 5.74) is -0.405. The van der Waals surface area contributed by atoms with Crippen molar-refractivity contribution in [2.45, 2.75) is 51.1 Å². The number of carbonyl (C=O) groups excluding carboxylic acids is 1. The average molecular weight is 258 g/mol. The SMILES string of the molecule is CCC[C@@H](NC(=O)NC1(C)CCCOC1)C(=O)O. The number of rotatable bonds is 5. The Morgan fingerprint density at radius 3 is 2.72 bits per heavy atom. The topological polar surface area (TPSA) is 87.7 Å². The van der Waals surface area contributed by atoms with Gasteiger partial charge in [0, 0.05) is 6.61 Å². The van der Waals surface area contributed by atoms with Gasteiger partial charge in [0.2, 0.25) is 0 Å². The van der Waals surface area contributed by atoms with Crippen LogP contribution in [0.25, 0.3) is 0 Å². The molecule has 2 atom stereocenters. The molecule has 6 heteroatoms. The fourth-order valence-corrected chi connectivity index (χ4v) is 2.05. The number of carboxylic acid groups (broad SMARTS) is 1. The summed E-state index contributed by atoms with van der Waals surface area (Å²) in [7, 11) is 0. The van der Waals surface area contributed by atoms with E-state index in [1.54, 1.807) is 0 Å². The second-order valence-electron chi connectivity index (χ2n) is 4.99. The molecule has 2 amide bonds. The lowest BCUT2D eigenvalue weighted by molar-refractivity contribution is -0.139. The van der Waals surface area contributed by atoms with Gasteiger partial charge in [0.25, 0.3) is 0 Å². The van der Waals surface area contributed by atoms with Gasteiger partial charge in [-0.05, 0) is 26.2 Å². The molecule has 1 saturated heterocycles. The Kier molecular flexibility index (Phi) is 5.40. The van der Waals surface area contributed by atoms with Crippen molar-refractivity contribution in [2.24, 2.45) is 0 Å². The van der Waals surface area contributed by atoms with E-state index in [0.717, 1.165) is 12.8 Å². The number of ether oxygens (including phenoxy) is 1. The fraction of sp³-hybridized carbons (Fsp3) is 0.833. The smallest absolute Gasteiger partial charge is 0.326 e. The van der Waals surface area contributed by atoms with Gasteiger partial charge in [-0.15, -0.1) is 0 Å². The third-order valence-electron chi connectivity index (χ3n) is 3.03. The van der Waals surface area contributed by atoms with Gasteiger partial charge >= 0.3 is 12.0 Å². The molecule has 0 saturated carbocycles. The van der Waals surface area contributed by atoms with Crippen LogP contribution in [0.15, 0.2) is 0 Å². The maximum absolute atomic E-state index is 11.8. The molecule has 1 fully saturated rings. The predicted octanol–water partition coefficient (Wildman–Crippen LogP) is 1.11. The highest BCUT2D eigenvalue weighted by molar-refractivity contribution is 5.82. The van der Waals surface area contributed by atoms with Gasteiger partial charge in [-0.25, -0.2) is 9.59 Å². The molecule has 1 rings (SSSR count). The molecule has 0 aromatic carbocycles. The number of hydrogen-bond donors (Lipinski definition) is 3. The average Bonchev–Trinajstić information content (AvgIpc) is 2.28. The molecular formula is C12H22N2O4. The van der Waals surface area contributed by atoms with Crippen LogP contribution in [0.2, 0.25) is 0 Å². The Hall–Kier alpha value is -1.30. The fourth-order valence-electron chi connectivity index (χ4n) is 2.05. The summed E-state index contributed by atoms with van der Waals surface area (Å²) in [6.45, 7) is 4.96. The van der Waals surface area contributed by atoms with Gasteiger partial charge in [0.05, 0.1) is 12.1 Å². The van der Waals surface area contributed by atoms with E-state index in [0.29, 0.717) is 26.1 Å². The molecule has 6 nitrogen and oxygen atoms in total. The molecule has 3 N–H and O–H groups in total. The van der Waals surface area contributed by atoms with Crippen molar-refractivity contribution in [3.63, 3.8) is 0 Å². The van der Waals surface area contributed by atoms with Gasteiger partial charge in [-0.1, -0.05) is 13.3 Å². The molecule has 104 valence electrons. The zero-order chi connectivity index (χ0) is 13.6. The Labute approximate surface area is 107 Å². The number of urea groups is 1. The standard InChI is InChI=1S/C12H22N2O4/c1-3-5-9(10(15)16)13-11(17)14-12(2)6-4-7-18-8-12/h9H,3-8H2,1-2H3,(H,15,16)(H2,13,14,17)/t9-,12?/m1/s1. The van der Waals surface area contributed by atoms with E-state index >= 15 is 0 Å². The summed E-state index contributed by atoms with van der Waals surface area (Å²) in [5.74, 6) is -1.00.